The molecule has 27 heavy (non-hydrogen) atoms. The molecule has 1 aliphatic rings. The lowest BCUT2D eigenvalue weighted by Crippen LogP contribution is -2.41. The number of rotatable bonds is 5. The third kappa shape index (κ3) is 3.98. The van der Waals surface area contributed by atoms with Crippen LogP contribution in [0, 0.1) is 5.92 Å². The van der Waals surface area contributed by atoms with E-state index in [2.05, 4.69) is 27.3 Å². The average Bonchev–Trinajstić information content (AvgIpc) is 3.13. The molecule has 1 fully saturated rings. The van der Waals surface area contributed by atoms with Crippen molar-refractivity contribution in [2.24, 2.45) is 5.92 Å². The molecule has 4 rings (SSSR count). The van der Waals surface area contributed by atoms with E-state index in [1.807, 2.05) is 30.3 Å². The van der Waals surface area contributed by atoms with Crippen molar-refractivity contribution in [3.63, 3.8) is 0 Å². The summed E-state index contributed by atoms with van der Waals surface area (Å²) in [4.78, 5) is 21.1. The normalized spacial score (nSPS) is 19.9. The van der Waals surface area contributed by atoms with Gasteiger partial charge in [-0.2, -0.15) is 5.10 Å². The van der Waals surface area contributed by atoms with E-state index >= 15 is 0 Å². The second-order valence-corrected chi connectivity index (χ2v) is 8.00. The summed E-state index contributed by atoms with van der Waals surface area (Å²) in [7, 11) is 0. The van der Waals surface area contributed by atoms with Gasteiger partial charge in [0, 0.05) is 6.04 Å². The molecule has 6 nitrogen and oxygen atoms in total. The molecule has 0 radical (unpaired) electrons. The summed E-state index contributed by atoms with van der Waals surface area (Å²) in [5, 5.41) is 9.30. The van der Waals surface area contributed by atoms with Gasteiger partial charge in [-0.15, -0.1) is 0 Å². The molecular formula is C20H23N5OS. The van der Waals surface area contributed by atoms with Crippen LogP contribution in [0.5, 0.6) is 0 Å². The number of thioether (sulfide) groups is 1. The molecule has 2 atom stereocenters. The first-order valence-electron chi connectivity index (χ1n) is 9.38. The molecule has 1 amide bonds. The summed E-state index contributed by atoms with van der Waals surface area (Å²) in [6, 6.07) is 10.2. The number of benzene rings is 1. The Morgan fingerprint density at radius 3 is 2.85 bits per heavy atom. The minimum Gasteiger partial charge on any atom is -0.352 e. The fourth-order valence-corrected chi connectivity index (χ4v) is 4.38. The molecule has 1 N–H and O–H groups in total. The fraction of sp³-hybridized carbons (Fsp3) is 0.400. The lowest BCUT2D eigenvalue weighted by molar-refractivity contribution is -0.119. The molecule has 0 spiro atoms. The quantitative estimate of drug-likeness (QED) is 0.540. The molecule has 1 aromatic carbocycles. The molecule has 0 saturated heterocycles. The predicted octanol–water partition coefficient (Wildman–Crippen LogP) is 3.60. The number of nitrogens with one attached hydrogen (secondary N) is 1. The maximum absolute atomic E-state index is 12.4. The van der Waals surface area contributed by atoms with Crippen LogP contribution in [0.15, 0.2) is 47.9 Å². The molecule has 0 unspecified atom stereocenters. The van der Waals surface area contributed by atoms with Crippen LogP contribution in [0.2, 0.25) is 0 Å². The van der Waals surface area contributed by atoms with Crippen LogP contribution in [-0.2, 0) is 4.79 Å². The number of carbonyl (C=O) groups excluding carboxylic acids is 1. The number of amides is 1. The van der Waals surface area contributed by atoms with Gasteiger partial charge in [-0.25, -0.2) is 14.6 Å². The standard InChI is InChI=1S/C20H23N5OS/c1-14-7-5-6-10-17(14)24-18(26)12-27-20-16-11-23-25(19(16)21-13-22-20)15-8-3-2-4-9-15/h2-4,8-9,11,13-14,17H,5-7,10,12H2,1H3,(H,24,26)/t14-,17+/m0/s1. The van der Waals surface area contributed by atoms with Crippen LogP contribution in [0.25, 0.3) is 16.7 Å². The number of para-hydroxylation sites is 1. The average molecular weight is 382 g/mol. The number of nitrogens with zero attached hydrogens (tertiary/aromatic N) is 4. The lowest BCUT2D eigenvalue weighted by atomic mass is 9.86. The molecule has 7 heteroatoms. The molecule has 140 valence electrons. The largest absolute Gasteiger partial charge is 0.352 e. The Labute approximate surface area is 162 Å². The third-order valence-electron chi connectivity index (χ3n) is 5.13. The Hall–Kier alpha value is -2.41. The zero-order valence-electron chi connectivity index (χ0n) is 15.3. The van der Waals surface area contributed by atoms with Crippen LogP contribution in [0.3, 0.4) is 0 Å². The highest BCUT2D eigenvalue weighted by molar-refractivity contribution is 8.00. The molecule has 1 saturated carbocycles. The molecule has 1 aliphatic carbocycles. The number of aromatic nitrogens is 4. The van der Waals surface area contributed by atoms with Gasteiger partial charge in [0.05, 0.1) is 23.0 Å². The second kappa shape index (κ2) is 8.08. The molecule has 3 aromatic rings. The number of hydrogen-bond acceptors (Lipinski definition) is 5. The Bertz CT molecular complexity index is 927. The monoisotopic (exact) mass is 381 g/mol. The van der Waals surface area contributed by atoms with Crippen LogP contribution in [0.4, 0.5) is 0 Å². The van der Waals surface area contributed by atoms with Crippen LogP contribution >= 0.6 is 11.8 Å². The summed E-state index contributed by atoms with van der Waals surface area (Å²) in [5.74, 6) is 0.981. The summed E-state index contributed by atoms with van der Waals surface area (Å²) in [5.41, 5.74) is 1.70. The van der Waals surface area contributed by atoms with Crippen molar-refractivity contribution in [1.29, 1.82) is 0 Å². The molecular weight excluding hydrogens is 358 g/mol. The first-order valence-corrected chi connectivity index (χ1v) is 10.4. The number of fused-ring (bicyclic) bond motifs is 1. The van der Waals surface area contributed by atoms with Gasteiger partial charge < -0.3 is 5.32 Å². The molecule has 2 heterocycles. The van der Waals surface area contributed by atoms with E-state index in [-0.39, 0.29) is 5.91 Å². The van der Waals surface area contributed by atoms with Gasteiger partial charge in [0.1, 0.15) is 11.4 Å². The van der Waals surface area contributed by atoms with Gasteiger partial charge in [0.15, 0.2) is 5.65 Å². The Balaban J connectivity index is 1.46. The minimum absolute atomic E-state index is 0.0703. The number of hydrogen-bond donors (Lipinski definition) is 1. The van der Waals surface area contributed by atoms with E-state index in [0.717, 1.165) is 28.2 Å². The molecule has 0 bridgehead atoms. The Morgan fingerprint density at radius 1 is 1.22 bits per heavy atom. The summed E-state index contributed by atoms with van der Waals surface area (Å²) < 4.78 is 1.80. The highest BCUT2D eigenvalue weighted by atomic mass is 32.2. The van der Waals surface area contributed by atoms with Crippen molar-refractivity contribution >= 4 is 28.7 Å². The highest BCUT2D eigenvalue weighted by Crippen LogP contribution is 2.27. The summed E-state index contributed by atoms with van der Waals surface area (Å²) >= 11 is 1.44. The second-order valence-electron chi connectivity index (χ2n) is 7.03. The van der Waals surface area contributed by atoms with Crippen molar-refractivity contribution in [1.82, 2.24) is 25.1 Å². The van der Waals surface area contributed by atoms with Gasteiger partial charge in [0.25, 0.3) is 0 Å². The van der Waals surface area contributed by atoms with Crippen LogP contribution in [0.1, 0.15) is 32.6 Å². The Morgan fingerprint density at radius 2 is 2.04 bits per heavy atom. The summed E-state index contributed by atoms with van der Waals surface area (Å²) in [6.45, 7) is 2.23. The zero-order valence-corrected chi connectivity index (χ0v) is 16.2. The van der Waals surface area contributed by atoms with E-state index in [0.29, 0.717) is 17.7 Å². The third-order valence-corrected chi connectivity index (χ3v) is 6.13. The predicted molar refractivity (Wildman–Crippen MR) is 107 cm³/mol. The van der Waals surface area contributed by atoms with Crippen molar-refractivity contribution in [3.8, 4) is 5.69 Å². The first kappa shape index (κ1) is 18.0. The van der Waals surface area contributed by atoms with E-state index in [1.165, 1.54) is 37.4 Å². The Kier molecular flexibility index (Phi) is 5.38. The number of carbonyl (C=O) groups is 1. The van der Waals surface area contributed by atoms with Gasteiger partial charge in [-0.05, 0) is 30.9 Å². The first-order chi connectivity index (χ1) is 13.2. The zero-order chi connectivity index (χ0) is 18.6. The van der Waals surface area contributed by atoms with Crippen LogP contribution < -0.4 is 5.32 Å². The maximum atomic E-state index is 12.4. The van der Waals surface area contributed by atoms with E-state index < -0.39 is 0 Å². The summed E-state index contributed by atoms with van der Waals surface area (Å²) in [6.07, 6.45) is 8.06. The lowest BCUT2D eigenvalue weighted by Gasteiger charge is -2.29. The highest BCUT2D eigenvalue weighted by Gasteiger charge is 2.23. The smallest absolute Gasteiger partial charge is 0.230 e. The molecule has 2 aromatic heterocycles. The van der Waals surface area contributed by atoms with Gasteiger partial charge in [-0.1, -0.05) is 49.7 Å². The van der Waals surface area contributed by atoms with Gasteiger partial charge >= 0.3 is 0 Å². The van der Waals surface area contributed by atoms with Gasteiger partial charge in [-0.3, -0.25) is 4.79 Å². The fourth-order valence-electron chi connectivity index (χ4n) is 3.61. The van der Waals surface area contributed by atoms with Crippen molar-refractivity contribution in [2.45, 2.75) is 43.7 Å². The minimum atomic E-state index is 0.0703. The topological polar surface area (TPSA) is 72.7 Å². The van der Waals surface area contributed by atoms with E-state index in [1.54, 1.807) is 10.9 Å². The van der Waals surface area contributed by atoms with Crippen LogP contribution in [-0.4, -0.2) is 37.5 Å². The van der Waals surface area contributed by atoms with Crippen molar-refractivity contribution in [2.75, 3.05) is 5.75 Å². The van der Waals surface area contributed by atoms with Gasteiger partial charge in [0.2, 0.25) is 5.91 Å². The van der Waals surface area contributed by atoms with Crippen molar-refractivity contribution in [3.05, 3.63) is 42.9 Å². The molecule has 0 aliphatic heterocycles. The van der Waals surface area contributed by atoms with E-state index in [9.17, 15) is 4.79 Å². The van der Waals surface area contributed by atoms with Crippen molar-refractivity contribution < 1.29 is 4.79 Å². The SMILES string of the molecule is C[C@H]1CCCC[C@H]1NC(=O)CSc1ncnc2c1cnn2-c1ccccc1. The maximum Gasteiger partial charge on any atom is 0.230 e. The van der Waals surface area contributed by atoms with E-state index in [4.69, 9.17) is 0 Å².